The second-order valence-electron chi connectivity index (χ2n) is 8.20. The van der Waals surface area contributed by atoms with Gasteiger partial charge in [-0.2, -0.15) is 13.2 Å². The summed E-state index contributed by atoms with van der Waals surface area (Å²) in [6, 6.07) is 4.76. The Bertz CT molecular complexity index is 987. The van der Waals surface area contributed by atoms with Crippen LogP contribution in [0.25, 0.3) is 0 Å². The fraction of sp³-hybridized carbons (Fsp3) is 0.500. The van der Waals surface area contributed by atoms with E-state index in [0.29, 0.717) is 48.3 Å². The number of anilines is 4. The van der Waals surface area contributed by atoms with E-state index in [1.807, 2.05) is 0 Å². The molecule has 8 nitrogen and oxygen atoms in total. The van der Waals surface area contributed by atoms with E-state index in [0.717, 1.165) is 19.4 Å². The monoisotopic (exact) mass is 464 g/mol. The fourth-order valence-electron chi connectivity index (χ4n) is 4.12. The van der Waals surface area contributed by atoms with E-state index in [9.17, 15) is 18.0 Å². The van der Waals surface area contributed by atoms with Gasteiger partial charge in [-0.25, -0.2) is 9.78 Å². The summed E-state index contributed by atoms with van der Waals surface area (Å²) in [6.45, 7) is 1.51. The van der Waals surface area contributed by atoms with E-state index in [1.54, 1.807) is 23.1 Å². The SMILES string of the molecule is COc1cncc(NC(=O)N2CCCCNc3ccc(N4CCCC(C(F)(F)F)C4)nc32)c1. The van der Waals surface area contributed by atoms with Crippen LogP contribution < -0.4 is 25.2 Å². The van der Waals surface area contributed by atoms with Crippen LogP contribution in [0.15, 0.2) is 30.6 Å². The van der Waals surface area contributed by atoms with Crippen molar-refractivity contribution in [1.82, 2.24) is 9.97 Å². The molecular weight excluding hydrogens is 437 g/mol. The second-order valence-corrected chi connectivity index (χ2v) is 8.20. The third-order valence-corrected chi connectivity index (χ3v) is 5.89. The summed E-state index contributed by atoms with van der Waals surface area (Å²) in [5.41, 5.74) is 1.14. The summed E-state index contributed by atoms with van der Waals surface area (Å²) in [7, 11) is 1.51. The number of fused-ring (bicyclic) bond motifs is 1. The Morgan fingerprint density at radius 1 is 1.21 bits per heavy atom. The van der Waals surface area contributed by atoms with Crippen LogP contribution in [0, 0.1) is 5.92 Å². The highest BCUT2D eigenvalue weighted by Crippen LogP contribution is 2.36. The number of hydrogen-bond acceptors (Lipinski definition) is 6. The van der Waals surface area contributed by atoms with E-state index in [-0.39, 0.29) is 13.0 Å². The Hall–Kier alpha value is -3.24. The van der Waals surface area contributed by atoms with Gasteiger partial charge in [-0.3, -0.25) is 9.88 Å². The zero-order valence-electron chi connectivity index (χ0n) is 18.4. The number of carbonyl (C=O) groups excluding carboxylic acids is 1. The number of carbonyl (C=O) groups is 1. The molecule has 1 saturated heterocycles. The molecular formula is C22H27F3N6O2. The largest absolute Gasteiger partial charge is 0.495 e. The molecule has 1 fully saturated rings. The van der Waals surface area contributed by atoms with Gasteiger partial charge in [-0.05, 0) is 37.8 Å². The van der Waals surface area contributed by atoms with Crippen LogP contribution >= 0.6 is 0 Å². The minimum Gasteiger partial charge on any atom is -0.495 e. The molecule has 2 aliphatic heterocycles. The number of nitrogens with zero attached hydrogens (tertiary/aromatic N) is 4. The normalized spacial score (nSPS) is 19.1. The summed E-state index contributed by atoms with van der Waals surface area (Å²) in [4.78, 5) is 25.1. The molecule has 2 aromatic heterocycles. The van der Waals surface area contributed by atoms with Gasteiger partial charge in [-0.1, -0.05) is 0 Å². The van der Waals surface area contributed by atoms with Crippen molar-refractivity contribution in [3.63, 3.8) is 0 Å². The Balaban J connectivity index is 1.60. The number of urea groups is 1. The smallest absolute Gasteiger partial charge is 0.393 e. The molecule has 2 aromatic rings. The lowest BCUT2D eigenvalue weighted by atomic mass is 9.97. The zero-order chi connectivity index (χ0) is 23.4. The molecule has 1 atom stereocenters. The van der Waals surface area contributed by atoms with E-state index in [4.69, 9.17) is 4.74 Å². The molecule has 2 amide bonds. The van der Waals surface area contributed by atoms with Gasteiger partial charge in [0.2, 0.25) is 0 Å². The quantitative estimate of drug-likeness (QED) is 0.696. The number of methoxy groups -OCH3 is 1. The first kappa shape index (κ1) is 22.9. The molecule has 4 heterocycles. The molecule has 0 spiro atoms. The van der Waals surface area contributed by atoms with Gasteiger partial charge in [0.1, 0.15) is 11.6 Å². The number of ether oxygens (including phenoxy) is 1. The standard InChI is InChI=1S/C22H27F3N6O2/c1-33-17-11-16(12-26-13-17)28-21(32)31-10-3-2-8-27-18-6-7-19(29-20(18)31)30-9-4-5-15(14-30)22(23,24)25/h6-7,11-13,15,27H,2-5,8-10,14H2,1H3,(H,28,32). The minimum absolute atomic E-state index is 0.121. The van der Waals surface area contributed by atoms with Crippen molar-refractivity contribution in [2.24, 2.45) is 5.92 Å². The van der Waals surface area contributed by atoms with Crippen LogP contribution in [-0.2, 0) is 0 Å². The first-order valence-electron chi connectivity index (χ1n) is 11.0. The molecule has 1 unspecified atom stereocenters. The van der Waals surface area contributed by atoms with Gasteiger partial charge in [0.15, 0.2) is 5.82 Å². The van der Waals surface area contributed by atoms with Crippen molar-refractivity contribution in [2.45, 2.75) is 31.9 Å². The predicted molar refractivity (Wildman–Crippen MR) is 120 cm³/mol. The van der Waals surface area contributed by atoms with Crippen molar-refractivity contribution in [3.05, 3.63) is 30.6 Å². The number of aromatic nitrogens is 2. The van der Waals surface area contributed by atoms with Gasteiger partial charge in [0.25, 0.3) is 0 Å². The lowest BCUT2D eigenvalue weighted by molar-refractivity contribution is -0.176. The third-order valence-electron chi connectivity index (χ3n) is 5.89. The summed E-state index contributed by atoms with van der Waals surface area (Å²) < 4.78 is 45.1. The molecule has 0 saturated carbocycles. The number of hydrogen-bond donors (Lipinski definition) is 2. The molecule has 11 heteroatoms. The zero-order valence-corrected chi connectivity index (χ0v) is 18.4. The number of amides is 2. The maximum Gasteiger partial charge on any atom is 0.393 e. The van der Waals surface area contributed by atoms with Crippen LogP contribution in [0.5, 0.6) is 5.75 Å². The summed E-state index contributed by atoms with van der Waals surface area (Å²) >= 11 is 0. The molecule has 0 aliphatic carbocycles. The lowest BCUT2D eigenvalue weighted by Crippen LogP contribution is -2.42. The van der Waals surface area contributed by atoms with Gasteiger partial charge in [0, 0.05) is 32.2 Å². The third kappa shape index (κ3) is 5.40. The maximum atomic E-state index is 13.3. The topological polar surface area (TPSA) is 82.6 Å². The van der Waals surface area contributed by atoms with Crippen molar-refractivity contribution in [1.29, 1.82) is 0 Å². The van der Waals surface area contributed by atoms with Crippen molar-refractivity contribution in [3.8, 4) is 5.75 Å². The molecule has 2 N–H and O–H groups in total. The number of pyridine rings is 2. The van der Waals surface area contributed by atoms with Crippen molar-refractivity contribution < 1.29 is 22.7 Å². The highest BCUT2D eigenvalue weighted by Gasteiger charge is 2.42. The van der Waals surface area contributed by atoms with Crippen LogP contribution in [0.4, 0.5) is 41.0 Å². The summed E-state index contributed by atoms with van der Waals surface area (Å²) in [6.07, 6.45) is 0.988. The van der Waals surface area contributed by atoms with E-state index >= 15 is 0 Å². The summed E-state index contributed by atoms with van der Waals surface area (Å²) in [5, 5.41) is 6.10. The average Bonchev–Trinajstić information content (AvgIpc) is 2.79. The van der Waals surface area contributed by atoms with Crippen LogP contribution in [0.3, 0.4) is 0 Å². The van der Waals surface area contributed by atoms with Gasteiger partial charge < -0.3 is 20.3 Å². The number of piperidine rings is 1. The van der Waals surface area contributed by atoms with Gasteiger partial charge in [0.05, 0.1) is 36.8 Å². The van der Waals surface area contributed by atoms with Crippen molar-refractivity contribution >= 4 is 29.0 Å². The van der Waals surface area contributed by atoms with Crippen LogP contribution in [0.2, 0.25) is 0 Å². The molecule has 178 valence electrons. The molecule has 0 aromatic carbocycles. The maximum absolute atomic E-state index is 13.3. The fourth-order valence-corrected chi connectivity index (χ4v) is 4.12. The molecule has 4 rings (SSSR count). The Morgan fingerprint density at radius 3 is 2.85 bits per heavy atom. The molecule has 0 radical (unpaired) electrons. The lowest BCUT2D eigenvalue weighted by Gasteiger charge is -2.35. The van der Waals surface area contributed by atoms with Gasteiger partial charge in [-0.15, -0.1) is 0 Å². The number of rotatable bonds is 3. The van der Waals surface area contributed by atoms with E-state index in [2.05, 4.69) is 20.6 Å². The number of nitrogens with one attached hydrogen (secondary N) is 2. The van der Waals surface area contributed by atoms with Crippen LogP contribution in [0.1, 0.15) is 25.7 Å². The Labute approximate surface area is 190 Å². The Morgan fingerprint density at radius 2 is 2.06 bits per heavy atom. The first-order valence-corrected chi connectivity index (χ1v) is 11.0. The number of halogens is 3. The second kappa shape index (κ2) is 9.72. The average molecular weight is 464 g/mol. The highest BCUT2D eigenvalue weighted by atomic mass is 19.4. The van der Waals surface area contributed by atoms with Gasteiger partial charge >= 0.3 is 12.2 Å². The highest BCUT2D eigenvalue weighted by molar-refractivity contribution is 6.03. The van der Waals surface area contributed by atoms with Crippen molar-refractivity contribution in [2.75, 3.05) is 53.7 Å². The minimum atomic E-state index is -4.24. The molecule has 0 bridgehead atoms. The predicted octanol–water partition coefficient (Wildman–Crippen LogP) is 4.51. The van der Waals surface area contributed by atoms with E-state index in [1.165, 1.54) is 24.4 Å². The first-order chi connectivity index (χ1) is 15.8. The number of alkyl halides is 3. The van der Waals surface area contributed by atoms with Crippen LogP contribution in [-0.4, -0.2) is 55.5 Å². The summed E-state index contributed by atoms with van der Waals surface area (Å²) in [5.74, 6) is -0.0407. The van der Waals surface area contributed by atoms with E-state index < -0.39 is 18.1 Å². The molecule has 2 aliphatic rings. The molecule has 33 heavy (non-hydrogen) atoms. The Kier molecular flexibility index (Phi) is 6.75.